The minimum absolute atomic E-state index is 0.0313. The molecule has 0 radical (unpaired) electrons. The molecule has 1 aromatic heterocycles. The van der Waals surface area contributed by atoms with E-state index >= 15 is 0 Å². The van der Waals surface area contributed by atoms with Crippen LogP contribution >= 0.6 is 11.6 Å². The molecule has 0 aliphatic carbocycles. The molecule has 10 heteroatoms. The van der Waals surface area contributed by atoms with Crippen molar-refractivity contribution in [3.05, 3.63) is 94.8 Å². The molecule has 0 aliphatic rings. The molecule has 2 aromatic carbocycles. The normalized spacial score (nSPS) is 12.2. The number of pyridine rings is 1. The summed E-state index contributed by atoms with van der Waals surface area (Å²) in [6.45, 7) is 0. The quantitative estimate of drug-likeness (QED) is 0.361. The van der Waals surface area contributed by atoms with E-state index in [0.29, 0.717) is 10.7 Å². The van der Waals surface area contributed by atoms with Gasteiger partial charge in [0.2, 0.25) is 5.96 Å². The monoisotopic (exact) mass is 442 g/mol. The lowest BCUT2D eigenvalue weighted by molar-refractivity contribution is 0.256. The second-order valence-corrected chi connectivity index (χ2v) is 6.62. The molecule has 6 N–H and O–H groups in total. The van der Waals surface area contributed by atoms with Crippen LogP contribution in [0.4, 0.5) is 19.3 Å². The molecule has 3 rings (SSSR count). The summed E-state index contributed by atoms with van der Waals surface area (Å²) in [6.07, 6.45) is 2.29. The maximum absolute atomic E-state index is 14.4. The number of urea groups is 1. The molecule has 0 atom stereocenters. The Kier molecular flexibility index (Phi) is 6.78. The van der Waals surface area contributed by atoms with Crippen LogP contribution in [0.2, 0.25) is 5.02 Å². The summed E-state index contributed by atoms with van der Waals surface area (Å²) in [7, 11) is 0. The highest BCUT2D eigenvalue weighted by atomic mass is 35.5. The number of carbonyl (C=O) groups is 1. The molecule has 0 spiro atoms. The molecule has 0 saturated heterocycles. The first-order chi connectivity index (χ1) is 14.8. The lowest BCUT2D eigenvalue weighted by Gasteiger charge is -2.12. The number of anilines is 1. The van der Waals surface area contributed by atoms with Crippen molar-refractivity contribution in [1.29, 1.82) is 0 Å². The summed E-state index contributed by atoms with van der Waals surface area (Å²) in [5.74, 6) is -1.78. The van der Waals surface area contributed by atoms with Crippen molar-refractivity contribution >= 4 is 40.7 Å². The Hall–Kier alpha value is -3.98. The third kappa shape index (κ3) is 5.55. The van der Waals surface area contributed by atoms with Gasteiger partial charge < -0.3 is 16.8 Å². The highest BCUT2D eigenvalue weighted by Crippen LogP contribution is 2.27. The van der Waals surface area contributed by atoms with Crippen LogP contribution in [-0.2, 0) is 0 Å². The number of nitrogens with two attached hydrogens (primary N) is 2. The zero-order valence-corrected chi connectivity index (χ0v) is 16.7. The average Bonchev–Trinajstić information content (AvgIpc) is 2.72. The summed E-state index contributed by atoms with van der Waals surface area (Å²) in [5, 5.41) is 5.26. The van der Waals surface area contributed by atoms with Crippen LogP contribution in [0.1, 0.15) is 11.1 Å². The van der Waals surface area contributed by atoms with Gasteiger partial charge in [-0.05, 0) is 36.4 Å². The third-order valence-corrected chi connectivity index (χ3v) is 4.24. The average molecular weight is 443 g/mol. The van der Waals surface area contributed by atoms with Gasteiger partial charge in [-0.1, -0.05) is 29.8 Å². The van der Waals surface area contributed by atoms with Gasteiger partial charge >= 0.3 is 6.03 Å². The molecule has 0 saturated carbocycles. The Balaban J connectivity index is 1.95. The van der Waals surface area contributed by atoms with Gasteiger partial charge in [-0.15, -0.1) is 0 Å². The summed E-state index contributed by atoms with van der Waals surface area (Å²) in [4.78, 5) is 19.9. The van der Waals surface area contributed by atoms with Crippen LogP contribution in [0.5, 0.6) is 0 Å². The number of nitrogens with one attached hydrogen (secondary N) is 2. The third-order valence-electron chi connectivity index (χ3n) is 4.00. The molecule has 31 heavy (non-hydrogen) atoms. The van der Waals surface area contributed by atoms with Crippen molar-refractivity contribution in [3.63, 3.8) is 0 Å². The van der Waals surface area contributed by atoms with Crippen LogP contribution in [0.15, 0.2) is 72.0 Å². The molecule has 1 heterocycles. The number of amides is 2. The SMILES string of the molecule is N/C(=C(\N=C(/N)NC(=O)Nc1cccc(Cl)c1)c1ccccc1F)c1ccncc1F. The zero-order chi connectivity index (χ0) is 22.4. The number of hydrogen-bond donors (Lipinski definition) is 4. The van der Waals surface area contributed by atoms with Gasteiger partial charge in [0, 0.05) is 28.0 Å². The summed E-state index contributed by atoms with van der Waals surface area (Å²) in [6, 6.07) is 12.7. The summed E-state index contributed by atoms with van der Waals surface area (Å²) in [5.41, 5.74) is 11.9. The number of rotatable bonds is 4. The molecule has 0 unspecified atom stereocenters. The Morgan fingerprint density at radius 1 is 1.00 bits per heavy atom. The molecular formula is C21H17ClF2N6O. The maximum atomic E-state index is 14.4. The number of guanidine groups is 1. The molecule has 7 nitrogen and oxygen atoms in total. The first-order valence-electron chi connectivity index (χ1n) is 8.87. The number of aliphatic imine (C=N–C) groups is 1. The number of nitrogens with zero attached hydrogens (tertiary/aromatic N) is 2. The zero-order valence-electron chi connectivity index (χ0n) is 15.9. The Bertz CT molecular complexity index is 1180. The van der Waals surface area contributed by atoms with E-state index in [4.69, 9.17) is 23.1 Å². The van der Waals surface area contributed by atoms with Crippen molar-refractivity contribution in [2.75, 3.05) is 5.32 Å². The number of halogens is 3. The van der Waals surface area contributed by atoms with E-state index < -0.39 is 23.6 Å². The molecule has 158 valence electrons. The number of aromatic nitrogens is 1. The number of hydrogen-bond acceptors (Lipinski definition) is 4. The molecule has 0 aliphatic heterocycles. The van der Waals surface area contributed by atoms with Gasteiger partial charge in [-0.25, -0.2) is 18.6 Å². The van der Waals surface area contributed by atoms with Gasteiger partial charge in [0.1, 0.15) is 11.5 Å². The van der Waals surface area contributed by atoms with E-state index in [1.807, 2.05) is 0 Å². The first kappa shape index (κ1) is 21.7. The molecule has 2 amide bonds. The fourth-order valence-electron chi connectivity index (χ4n) is 2.63. The Labute approximate surface area is 181 Å². The van der Waals surface area contributed by atoms with Crippen molar-refractivity contribution in [2.24, 2.45) is 16.5 Å². The van der Waals surface area contributed by atoms with Crippen LogP contribution in [0.3, 0.4) is 0 Å². The second-order valence-electron chi connectivity index (χ2n) is 6.18. The molecular weight excluding hydrogens is 426 g/mol. The predicted molar refractivity (Wildman–Crippen MR) is 117 cm³/mol. The van der Waals surface area contributed by atoms with Crippen LogP contribution < -0.4 is 22.1 Å². The van der Waals surface area contributed by atoms with Crippen LogP contribution in [-0.4, -0.2) is 17.0 Å². The highest BCUT2D eigenvalue weighted by molar-refractivity contribution is 6.30. The van der Waals surface area contributed by atoms with E-state index in [1.165, 1.54) is 36.5 Å². The molecule has 0 fully saturated rings. The number of carbonyl (C=O) groups excluding carboxylic acids is 1. The van der Waals surface area contributed by atoms with E-state index in [0.717, 1.165) is 6.20 Å². The van der Waals surface area contributed by atoms with Crippen LogP contribution in [0, 0.1) is 11.6 Å². The maximum Gasteiger partial charge on any atom is 0.325 e. The van der Waals surface area contributed by atoms with E-state index in [-0.39, 0.29) is 22.5 Å². The fraction of sp³-hybridized carbons (Fsp3) is 0. The first-order valence-corrected chi connectivity index (χ1v) is 9.25. The predicted octanol–water partition coefficient (Wildman–Crippen LogP) is 3.93. The minimum Gasteiger partial charge on any atom is -0.396 e. The van der Waals surface area contributed by atoms with Gasteiger partial charge in [0.25, 0.3) is 0 Å². The van der Waals surface area contributed by atoms with Gasteiger partial charge in [-0.3, -0.25) is 10.3 Å². The molecule has 0 bridgehead atoms. The van der Waals surface area contributed by atoms with Crippen molar-refractivity contribution in [2.45, 2.75) is 0 Å². The lowest BCUT2D eigenvalue weighted by Crippen LogP contribution is -2.39. The van der Waals surface area contributed by atoms with E-state index in [9.17, 15) is 13.6 Å². The highest BCUT2D eigenvalue weighted by Gasteiger charge is 2.16. The standard InChI is InChI=1S/C21H17ClF2N6O/c22-12-4-3-5-13(10-12)28-21(31)30-20(26)29-19(15-6-1-2-7-16(15)23)18(25)14-8-9-27-11-17(14)24/h1-11H,25H2,(H4,26,28,29,30,31)/b19-18-. The van der Waals surface area contributed by atoms with Crippen molar-refractivity contribution in [3.8, 4) is 0 Å². The van der Waals surface area contributed by atoms with Crippen LogP contribution in [0.25, 0.3) is 11.4 Å². The molecule has 3 aromatic rings. The summed E-state index contributed by atoms with van der Waals surface area (Å²) >= 11 is 5.88. The van der Waals surface area contributed by atoms with Crippen molar-refractivity contribution in [1.82, 2.24) is 10.3 Å². The number of benzene rings is 2. The van der Waals surface area contributed by atoms with Gasteiger partial charge in [0.05, 0.1) is 11.9 Å². The van der Waals surface area contributed by atoms with Gasteiger partial charge in [0.15, 0.2) is 5.82 Å². The van der Waals surface area contributed by atoms with E-state index in [2.05, 4.69) is 20.6 Å². The Morgan fingerprint density at radius 2 is 1.77 bits per heavy atom. The minimum atomic E-state index is -0.728. The smallest absolute Gasteiger partial charge is 0.325 e. The lowest BCUT2D eigenvalue weighted by atomic mass is 10.1. The largest absolute Gasteiger partial charge is 0.396 e. The Morgan fingerprint density at radius 3 is 2.48 bits per heavy atom. The fourth-order valence-corrected chi connectivity index (χ4v) is 2.82. The summed E-state index contributed by atoms with van der Waals surface area (Å²) < 4.78 is 28.6. The topological polar surface area (TPSA) is 118 Å². The van der Waals surface area contributed by atoms with E-state index in [1.54, 1.807) is 24.3 Å². The van der Waals surface area contributed by atoms with Gasteiger partial charge in [-0.2, -0.15) is 0 Å². The second kappa shape index (κ2) is 9.68. The van der Waals surface area contributed by atoms with Crippen molar-refractivity contribution < 1.29 is 13.6 Å².